The molecule has 0 N–H and O–H groups in total. The Morgan fingerprint density at radius 2 is 2.06 bits per heavy atom. The van der Waals surface area contributed by atoms with Gasteiger partial charge < -0.3 is 4.90 Å². The lowest BCUT2D eigenvalue weighted by atomic mass is 9.81. The van der Waals surface area contributed by atoms with E-state index in [1.807, 2.05) is 6.07 Å². The molecule has 0 spiro atoms. The van der Waals surface area contributed by atoms with E-state index in [2.05, 4.69) is 43.0 Å². The number of nitrogens with zero attached hydrogens (tertiary/aromatic N) is 1. The summed E-state index contributed by atoms with van der Waals surface area (Å²) >= 11 is 1.80. The van der Waals surface area contributed by atoms with Crippen molar-refractivity contribution in [2.24, 2.45) is 5.41 Å². The Morgan fingerprint density at radius 1 is 1.28 bits per heavy atom. The van der Waals surface area contributed by atoms with E-state index in [-0.39, 0.29) is 11.2 Å². The van der Waals surface area contributed by atoms with E-state index in [0.29, 0.717) is 6.42 Å². The zero-order valence-corrected chi connectivity index (χ0v) is 11.6. The van der Waals surface area contributed by atoms with Crippen LogP contribution in [0.1, 0.15) is 26.7 Å². The molecule has 2 aliphatic rings. The van der Waals surface area contributed by atoms with E-state index in [0.717, 1.165) is 18.0 Å². The van der Waals surface area contributed by atoms with Gasteiger partial charge >= 0.3 is 0 Å². The average molecular weight is 259 g/mol. The van der Waals surface area contributed by atoms with Crippen LogP contribution in [0.25, 0.3) is 0 Å². The zero-order valence-electron chi connectivity index (χ0n) is 10.8. The maximum Gasteiger partial charge on any atom is 0.178 e. The van der Waals surface area contributed by atoms with E-state index < -0.39 is 0 Å². The van der Waals surface area contributed by atoms with Crippen LogP contribution in [-0.4, -0.2) is 11.7 Å². The van der Waals surface area contributed by atoms with E-state index in [1.54, 1.807) is 11.8 Å². The number of ketones is 1. The van der Waals surface area contributed by atoms with E-state index in [4.69, 9.17) is 0 Å². The number of para-hydroxylation sites is 1. The number of hydrogen-bond donors (Lipinski definition) is 0. The maximum absolute atomic E-state index is 12.2. The number of thioether (sulfide) groups is 1. The highest BCUT2D eigenvalue weighted by molar-refractivity contribution is 7.99. The first kappa shape index (κ1) is 11.8. The quantitative estimate of drug-likeness (QED) is 0.764. The summed E-state index contributed by atoms with van der Waals surface area (Å²) in [6.45, 7) is 4.41. The summed E-state index contributed by atoms with van der Waals surface area (Å²) in [7, 11) is 0. The van der Waals surface area contributed by atoms with Gasteiger partial charge in [0.05, 0.1) is 17.3 Å². The number of anilines is 1. The zero-order chi connectivity index (χ0) is 12.8. The fourth-order valence-electron chi connectivity index (χ4n) is 2.52. The van der Waals surface area contributed by atoms with Gasteiger partial charge in [0.25, 0.3) is 0 Å². The summed E-state index contributed by atoms with van der Waals surface area (Å²) in [5.74, 6) is 1.14. The highest BCUT2D eigenvalue weighted by atomic mass is 32.2. The molecule has 1 aromatic rings. The van der Waals surface area contributed by atoms with Crippen LogP contribution in [0.3, 0.4) is 0 Å². The summed E-state index contributed by atoms with van der Waals surface area (Å²) in [6.07, 6.45) is 3.78. The van der Waals surface area contributed by atoms with Crippen LogP contribution in [-0.2, 0) is 4.79 Å². The van der Waals surface area contributed by atoms with Gasteiger partial charge in [0, 0.05) is 11.3 Å². The Balaban J connectivity index is 2.01. The lowest BCUT2D eigenvalue weighted by Gasteiger charge is -2.31. The van der Waals surface area contributed by atoms with Gasteiger partial charge in [-0.1, -0.05) is 32.1 Å². The molecule has 1 aliphatic carbocycles. The predicted octanol–water partition coefficient (Wildman–Crippen LogP) is 3.83. The largest absolute Gasteiger partial charge is 0.328 e. The summed E-state index contributed by atoms with van der Waals surface area (Å²) in [4.78, 5) is 15.6. The minimum atomic E-state index is 0.130. The van der Waals surface area contributed by atoms with Crippen LogP contribution in [0.5, 0.6) is 0 Å². The van der Waals surface area contributed by atoms with Crippen molar-refractivity contribution in [3.63, 3.8) is 0 Å². The molecule has 0 atom stereocenters. The second kappa shape index (κ2) is 4.16. The van der Waals surface area contributed by atoms with Crippen LogP contribution in [0.15, 0.2) is 40.9 Å². The molecule has 0 radical (unpaired) electrons. The first-order valence-electron chi connectivity index (χ1n) is 6.32. The molecule has 0 aromatic heterocycles. The van der Waals surface area contributed by atoms with Gasteiger partial charge in [0.2, 0.25) is 0 Å². The maximum atomic E-state index is 12.2. The van der Waals surface area contributed by atoms with Crippen LogP contribution < -0.4 is 4.90 Å². The van der Waals surface area contributed by atoms with Crippen molar-refractivity contribution < 1.29 is 4.79 Å². The predicted molar refractivity (Wildman–Crippen MR) is 75.8 cm³/mol. The Morgan fingerprint density at radius 3 is 2.89 bits per heavy atom. The fraction of sp³-hybridized carbons (Fsp3) is 0.400. The summed E-state index contributed by atoms with van der Waals surface area (Å²) < 4.78 is 0. The van der Waals surface area contributed by atoms with Gasteiger partial charge in [-0.05, 0) is 24.0 Å². The molecule has 0 unspecified atom stereocenters. The van der Waals surface area contributed by atoms with Crippen molar-refractivity contribution in [2.75, 3.05) is 10.8 Å². The van der Waals surface area contributed by atoms with E-state index >= 15 is 0 Å². The number of rotatable bonds is 1. The van der Waals surface area contributed by atoms with Crippen molar-refractivity contribution in [3.05, 3.63) is 36.0 Å². The molecule has 0 amide bonds. The van der Waals surface area contributed by atoms with Crippen molar-refractivity contribution in [1.82, 2.24) is 0 Å². The molecule has 0 saturated heterocycles. The Bertz CT molecular complexity index is 533. The standard InChI is InChI=1S/C15H17NOS/c1-15(2)8-7-13(17)12(9-15)16-10-18-14-6-4-3-5-11(14)16/h3-6,9H,7-8,10H2,1-2H3. The molecule has 0 bridgehead atoms. The van der Waals surface area contributed by atoms with Crippen LogP contribution in [0.2, 0.25) is 0 Å². The van der Waals surface area contributed by atoms with Gasteiger partial charge in [-0.2, -0.15) is 0 Å². The molecule has 2 nitrogen and oxygen atoms in total. The van der Waals surface area contributed by atoms with Gasteiger partial charge in [0.15, 0.2) is 5.78 Å². The number of carbonyl (C=O) groups excluding carboxylic acids is 1. The highest BCUT2D eigenvalue weighted by Gasteiger charge is 2.32. The molecule has 1 aromatic carbocycles. The second-order valence-electron chi connectivity index (χ2n) is 5.61. The third-order valence-electron chi connectivity index (χ3n) is 3.61. The number of hydrogen-bond acceptors (Lipinski definition) is 3. The van der Waals surface area contributed by atoms with Crippen LogP contribution in [0.4, 0.5) is 5.69 Å². The fourth-order valence-corrected chi connectivity index (χ4v) is 3.57. The topological polar surface area (TPSA) is 20.3 Å². The third kappa shape index (κ3) is 1.97. The number of Topliss-reactive ketones (excluding diaryl/α,β-unsaturated/α-hetero) is 1. The molecule has 1 aliphatic heterocycles. The molecular weight excluding hydrogens is 242 g/mol. The van der Waals surface area contributed by atoms with Crippen molar-refractivity contribution in [1.29, 1.82) is 0 Å². The lowest BCUT2D eigenvalue weighted by molar-refractivity contribution is -0.116. The minimum absolute atomic E-state index is 0.130. The second-order valence-corrected chi connectivity index (χ2v) is 6.60. The number of benzene rings is 1. The monoisotopic (exact) mass is 259 g/mol. The van der Waals surface area contributed by atoms with Gasteiger partial charge in [-0.3, -0.25) is 4.79 Å². The minimum Gasteiger partial charge on any atom is -0.328 e. The molecular formula is C15H17NOS. The number of carbonyl (C=O) groups is 1. The van der Waals surface area contributed by atoms with Crippen molar-refractivity contribution >= 4 is 23.2 Å². The van der Waals surface area contributed by atoms with Gasteiger partial charge in [-0.25, -0.2) is 0 Å². The Labute approximate surface area is 112 Å². The summed E-state index contributed by atoms with van der Waals surface area (Å²) in [5.41, 5.74) is 2.20. The molecule has 3 heteroatoms. The van der Waals surface area contributed by atoms with Gasteiger partial charge in [-0.15, -0.1) is 11.8 Å². The van der Waals surface area contributed by atoms with Crippen LogP contribution >= 0.6 is 11.8 Å². The SMILES string of the molecule is CC1(C)C=C(N2CSc3ccccc32)C(=O)CC1. The first-order chi connectivity index (χ1) is 8.57. The summed E-state index contributed by atoms with van der Waals surface area (Å²) in [6, 6.07) is 8.32. The van der Waals surface area contributed by atoms with Crippen LogP contribution in [0, 0.1) is 5.41 Å². The highest BCUT2D eigenvalue weighted by Crippen LogP contribution is 2.43. The third-order valence-corrected chi connectivity index (χ3v) is 4.65. The van der Waals surface area contributed by atoms with Gasteiger partial charge in [0.1, 0.15) is 0 Å². The Kier molecular flexibility index (Phi) is 2.74. The first-order valence-corrected chi connectivity index (χ1v) is 7.31. The van der Waals surface area contributed by atoms with E-state index in [9.17, 15) is 4.79 Å². The molecule has 18 heavy (non-hydrogen) atoms. The molecule has 3 rings (SSSR count). The Hall–Kier alpha value is -1.22. The molecule has 0 fully saturated rings. The van der Waals surface area contributed by atoms with Crippen molar-refractivity contribution in [3.8, 4) is 0 Å². The normalized spacial score (nSPS) is 21.8. The number of fused-ring (bicyclic) bond motifs is 1. The average Bonchev–Trinajstić information content (AvgIpc) is 2.76. The summed E-state index contributed by atoms with van der Waals surface area (Å²) in [5, 5.41) is 0. The molecule has 94 valence electrons. The van der Waals surface area contributed by atoms with Crippen molar-refractivity contribution in [2.45, 2.75) is 31.6 Å². The number of allylic oxidation sites excluding steroid dienone is 2. The molecule has 1 heterocycles. The smallest absolute Gasteiger partial charge is 0.178 e. The molecule has 0 saturated carbocycles. The lowest BCUT2D eigenvalue weighted by Crippen LogP contribution is -2.30. The van der Waals surface area contributed by atoms with E-state index in [1.165, 1.54) is 10.6 Å².